The van der Waals surface area contributed by atoms with E-state index in [-0.39, 0.29) is 5.91 Å². The monoisotopic (exact) mass is 372 g/mol. The first kappa shape index (κ1) is 17.4. The standard InChI is InChI=1S/C23H20N2OS/c1-16-8-2-3-10-18(16)15-24-23(26)19-11-5-4-9-17(19)14-22-25-20-12-6-7-13-21(20)27-22/h2-13H,14-15H2,1H3,(H,24,26). The molecular weight excluding hydrogens is 352 g/mol. The molecule has 1 heterocycles. The predicted octanol–water partition coefficient (Wildman–Crippen LogP) is 5.13. The maximum atomic E-state index is 12.8. The van der Waals surface area contributed by atoms with Crippen molar-refractivity contribution in [3.63, 3.8) is 0 Å². The Kier molecular flexibility index (Phi) is 4.99. The highest BCUT2D eigenvalue weighted by Gasteiger charge is 2.13. The van der Waals surface area contributed by atoms with Gasteiger partial charge in [0, 0.05) is 18.5 Å². The third-order valence-electron chi connectivity index (χ3n) is 4.64. The quantitative estimate of drug-likeness (QED) is 0.528. The van der Waals surface area contributed by atoms with Gasteiger partial charge in [0.05, 0.1) is 15.2 Å². The molecular formula is C23H20N2OS. The fourth-order valence-corrected chi connectivity index (χ4v) is 4.12. The average Bonchev–Trinajstić information content (AvgIpc) is 3.10. The van der Waals surface area contributed by atoms with E-state index >= 15 is 0 Å². The predicted molar refractivity (Wildman–Crippen MR) is 111 cm³/mol. The topological polar surface area (TPSA) is 42.0 Å². The second-order valence-electron chi connectivity index (χ2n) is 6.52. The highest BCUT2D eigenvalue weighted by Crippen LogP contribution is 2.24. The number of amides is 1. The molecule has 4 aromatic rings. The maximum absolute atomic E-state index is 12.8. The van der Waals surface area contributed by atoms with Gasteiger partial charge in [-0.05, 0) is 41.8 Å². The molecule has 0 bridgehead atoms. The van der Waals surface area contributed by atoms with Crippen LogP contribution in [-0.4, -0.2) is 10.9 Å². The van der Waals surface area contributed by atoms with Gasteiger partial charge in [0.25, 0.3) is 5.91 Å². The summed E-state index contributed by atoms with van der Waals surface area (Å²) in [6, 6.07) is 24.0. The Morgan fingerprint density at radius 3 is 2.44 bits per heavy atom. The number of hydrogen-bond donors (Lipinski definition) is 1. The van der Waals surface area contributed by atoms with Gasteiger partial charge in [-0.25, -0.2) is 4.98 Å². The minimum absolute atomic E-state index is 0.0463. The number of aryl methyl sites for hydroxylation is 1. The molecule has 0 atom stereocenters. The van der Waals surface area contributed by atoms with E-state index in [4.69, 9.17) is 4.98 Å². The van der Waals surface area contributed by atoms with E-state index in [2.05, 4.69) is 24.4 Å². The van der Waals surface area contributed by atoms with Crippen molar-refractivity contribution >= 4 is 27.5 Å². The van der Waals surface area contributed by atoms with Gasteiger partial charge in [0.15, 0.2) is 0 Å². The molecule has 0 unspecified atom stereocenters. The minimum Gasteiger partial charge on any atom is -0.348 e. The van der Waals surface area contributed by atoms with Gasteiger partial charge in [-0.2, -0.15) is 0 Å². The van der Waals surface area contributed by atoms with Crippen LogP contribution in [0.25, 0.3) is 10.2 Å². The molecule has 0 saturated heterocycles. The number of hydrogen-bond acceptors (Lipinski definition) is 3. The van der Waals surface area contributed by atoms with Gasteiger partial charge in [-0.3, -0.25) is 4.79 Å². The zero-order chi connectivity index (χ0) is 18.6. The molecule has 27 heavy (non-hydrogen) atoms. The number of carbonyl (C=O) groups is 1. The molecule has 134 valence electrons. The highest BCUT2D eigenvalue weighted by molar-refractivity contribution is 7.18. The Balaban J connectivity index is 1.53. The Bertz CT molecular complexity index is 1070. The van der Waals surface area contributed by atoms with E-state index in [1.807, 2.05) is 60.7 Å². The van der Waals surface area contributed by atoms with Crippen LogP contribution in [-0.2, 0) is 13.0 Å². The Labute approximate surface area is 162 Å². The lowest BCUT2D eigenvalue weighted by molar-refractivity contribution is 0.0950. The molecule has 0 spiro atoms. The molecule has 0 radical (unpaired) electrons. The molecule has 1 amide bonds. The van der Waals surface area contributed by atoms with Gasteiger partial charge in [-0.1, -0.05) is 54.6 Å². The summed E-state index contributed by atoms with van der Waals surface area (Å²) in [5, 5.41) is 4.08. The first-order chi connectivity index (χ1) is 13.2. The summed E-state index contributed by atoms with van der Waals surface area (Å²) in [5.74, 6) is -0.0463. The Morgan fingerprint density at radius 2 is 1.63 bits per heavy atom. The summed E-state index contributed by atoms with van der Waals surface area (Å²) in [4.78, 5) is 17.5. The lowest BCUT2D eigenvalue weighted by Gasteiger charge is -2.11. The van der Waals surface area contributed by atoms with E-state index in [0.29, 0.717) is 18.5 Å². The van der Waals surface area contributed by atoms with Crippen LogP contribution in [0.1, 0.15) is 32.1 Å². The van der Waals surface area contributed by atoms with Crippen LogP contribution >= 0.6 is 11.3 Å². The fraction of sp³-hybridized carbons (Fsp3) is 0.130. The Morgan fingerprint density at radius 1 is 0.926 bits per heavy atom. The summed E-state index contributed by atoms with van der Waals surface area (Å²) >= 11 is 1.68. The molecule has 4 heteroatoms. The summed E-state index contributed by atoms with van der Waals surface area (Å²) in [5.41, 5.74) is 5.04. The SMILES string of the molecule is Cc1ccccc1CNC(=O)c1ccccc1Cc1nc2ccccc2s1. The van der Waals surface area contributed by atoms with E-state index in [1.165, 1.54) is 10.3 Å². The van der Waals surface area contributed by atoms with Gasteiger partial charge in [-0.15, -0.1) is 11.3 Å². The maximum Gasteiger partial charge on any atom is 0.251 e. The number of rotatable bonds is 5. The van der Waals surface area contributed by atoms with Crippen molar-refractivity contribution in [3.05, 3.63) is 100 Å². The lowest BCUT2D eigenvalue weighted by atomic mass is 10.0. The molecule has 0 aliphatic heterocycles. The number of para-hydroxylation sites is 1. The highest BCUT2D eigenvalue weighted by atomic mass is 32.1. The number of nitrogens with zero attached hydrogens (tertiary/aromatic N) is 1. The molecule has 1 aromatic heterocycles. The Hall–Kier alpha value is -2.98. The van der Waals surface area contributed by atoms with Gasteiger partial charge >= 0.3 is 0 Å². The number of aromatic nitrogens is 1. The van der Waals surface area contributed by atoms with Crippen molar-refractivity contribution in [3.8, 4) is 0 Å². The van der Waals surface area contributed by atoms with E-state index in [9.17, 15) is 4.79 Å². The van der Waals surface area contributed by atoms with Crippen LogP contribution in [0.5, 0.6) is 0 Å². The zero-order valence-electron chi connectivity index (χ0n) is 15.1. The van der Waals surface area contributed by atoms with Gasteiger partial charge < -0.3 is 5.32 Å². The normalized spacial score (nSPS) is 10.9. The molecule has 3 aromatic carbocycles. The van der Waals surface area contributed by atoms with Gasteiger partial charge in [0.1, 0.15) is 0 Å². The molecule has 0 aliphatic rings. The second kappa shape index (κ2) is 7.72. The molecule has 1 N–H and O–H groups in total. The largest absolute Gasteiger partial charge is 0.348 e. The minimum atomic E-state index is -0.0463. The van der Waals surface area contributed by atoms with Crippen molar-refractivity contribution in [2.24, 2.45) is 0 Å². The number of fused-ring (bicyclic) bond motifs is 1. The fourth-order valence-electron chi connectivity index (χ4n) is 3.13. The van der Waals surface area contributed by atoms with Crippen molar-refractivity contribution in [1.29, 1.82) is 0 Å². The van der Waals surface area contributed by atoms with Crippen molar-refractivity contribution in [1.82, 2.24) is 10.3 Å². The lowest BCUT2D eigenvalue weighted by Crippen LogP contribution is -2.24. The molecule has 3 nitrogen and oxygen atoms in total. The molecule has 0 fully saturated rings. The molecule has 4 rings (SSSR count). The van der Waals surface area contributed by atoms with E-state index in [0.717, 1.165) is 21.7 Å². The number of thiazole rings is 1. The van der Waals surface area contributed by atoms with E-state index in [1.54, 1.807) is 11.3 Å². The van der Waals surface area contributed by atoms with Crippen molar-refractivity contribution < 1.29 is 4.79 Å². The first-order valence-corrected chi connectivity index (χ1v) is 9.77. The van der Waals surface area contributed by atoms with Crippen LogP contribution < -0.4 is 5.32 Å². The summed E-state index contributed by atoms with van der Waals surface area (Å²) in [6.45, 7) is 2.59. The van der Waals surface area contributed by atoms with Crippen molar-refractivity contribution in [2.45, 2.75) is 19.9 Å². The second-order valence-corrected chi connectivity index (χ2v) is 7.63. The third-order valence-corrected chi connectivity index (χ3v) is 5.68. The smallest absolute Gasteiger partial charge is 0.251 e. The first-order valence-electron chi connectivity index (χ1n) is 8.96. The van der Waals surface area contributed by atoms with Crippen molar-refractivity contribution in [2.75, 3.05) is 0 Å². The number of carbonyl (C=O) groups excluding carboxylic acids is 1. The van der Waals surface area contributed by atoms with Gasteiger partial charge in [0.2, 0.25) is 0 Å². The van der Waals surface area contributed by atoms with Crippen LogP contribution in [0.3, 0.4) is 0 Å². The van der Waals surface area contributed by atoms with Crippen LogP contribution in [0.15, 0.2) is 72.8 Å². The number of nitrogens with one attached hydrogen (secondary N) is 1. The summed E-state index contributed by atoms with van der Waals surface area (Å²) in [7, 11) is 0. The third kappa shape index (κ3) is 3.91. The molecule has 0 saturated carbocycles. The molecule has 0 aliphatic carbocycles. The summed E-state index contributed by atoms with van der Waals surface area (Å²) < 4.78 is 1.17. The van der Waals surface area contributed by atoms with Crippen LogP contribution in [0.2, 0.25) is 0 Å². The summed E-state index contributed by atoms with van der Waals surface area (Å²) in [6.07, 6.45) is 0.660. The van der Waals surface area contributed by atoms with Crippen LogP contribution in [0, 0.1) is 6.92 Å². The number of benzene rings is 3. The van der Waals surface area contributed by atoms with E-state index < -0.39 is 0 Å². The zero-order valence-corrected chi connectivity index (χ0v) is 15.9. The van der Waals surface area contributed by atoms with Crippen LogP contribution in [0.4, 0.5) is 0 Å². The average molecular weight is 372 g/mol.